The van der Waals surface area contributed by atoms with Crippen molar-refractivity contribution in [2.75, 3.05) is 5.32 Å². The molecule has 1 rings (SSSR count). The first-order valence-electron chi connectivity index (χ1n) is 5.77. The Morgan fingerprint density at radius 1 is 1.28 bits per heavy atom. The second-order valence-electron chi connectivity index (χ2n) is 4.09. The highest BCUT2D eigenvalue weighted by molar-refractivity contribution is 6.34. The molecule has 0 aliphatic rings. The Kier molecular flexibility index (Phi) is 5.65. The molecule has 0 unspecified atom stereocenters. The number of anilines is 1. The van der Waals surface area contributed by atoms with E-state index in [4.69, 9.17) is 16.7 Å². The second kappa shape index (κ2) is 7.01. The number of rotatable bonds is 6. The molecule has 0 aliphatic carbocycles. The summed E-state index contributed by atoms with van der Waals surface area (Å²) >= 11 is 6.05. The Labute approximate surface area is 111 Å². The van der Waals surface area contributed by atoms with Gasteiger partial charge in [-0.1, -0.05) is 23.7 Å². The van der Waals surface area contributed by atoms with Crippen LogP contribution < -0.4 is 5.32 Å². The van der Waals surface area contributed by atoms with Crippen molar-refractivity contribution in [3.8, 4) is 0 Å². The number of amides is 1. The quantitative estimate of drug-likeness (QED) is 0.779. The minimum Gasteiger partial charge on any atom is -0.481 e. The van der Waals surface area contributed by atoms with Crippen LogP contribution in [0.4, 0.5) is 5.69 Å². The van der Waals surface area contributed by atoms with E-state index in [1.54, 1.807) is 6.07 Å². The van der Waals surface area contributed by atoms with Gasteiger partial charge in [0.2, 0.25) is 5.91 Å². The van der Waals surface area contributed by atoms with Crippen molar-refractivity contribution in [1.29, 1.82) is 0 Å². The number of carboxylic acid groups (broad SMARTS) is 1. The minimum atomic E-state index is -0.836. The second-order valence-corrected chi connectivity index (χ2v) is 4.46. The van der Waals surface area contributed by atoms with Crippen molar-refractivity contribution in [3.05, 3.63) is 28.8 Å². The highest BCUT2D eigenvalue weighted by atomic mass is 35.5. The SMILES string of the molecule is Cc1cccc(NC(=O)CCCCC(=O)O)c1Cl. The standard InChI is InChI=1S/C13H16ClNO3/c1-9-5-4-6-10(13(9)14)15-11(16)7-2-3-8-12(17)18/h4-6H,2-3,7-8H2,1H3,(H,15,16)(H,17,18). The lowest BCUT2D eigenvalue weighted by Gasteiger charge is -2.08. The molecule has 1 amide bonds. The Balaban J connectivity index is 2.40. The molecule has 2 N–H and O–H groups in total. The van der Waals surface area contributed by atoms with E-state index in [1.807, 2.05) is 19.1 Å². The van der Waals surface area contributed by atoms with Crippen molar-refractivity contribution in [2.24, 2.45) is 0 Å². The number of aryl methyl sites for hydroxylation is 1. The fourth-order valence-electron chi connectivity index (χ4n) is 1.52. The number of unbranched alkanes of at least 4 members (excludes halogenated alkanes) is 1. The number of nitrogens with one attached hydrogen (secondary N) is 1. The minimum absolute atomic E-state index is 0.0957. The van der Waals surface area contributed by atoms with E-state index in [0.717, 1.165) is 5.56 Å². The van der Waals surface area contributed by atoms with Gasteiger partial charge in [0.05, 0.1) is 10.7 Å². The van der Waals surface area contributed by atoms with Crippen LogP contribution in [0.2, 0.25) is 5.02 Å². The molecule has 98 valence electrons. The molecule has 0 heterocycles. The summed E-state index contributed by atoms with van der Waals surface area (Å²) in [6.07, 6.45) is 1.46. The first-order chi connectivity index (χ1) is 8.50. The van der Waals surface area contributed by atoms with Crippen LogP contribution in [0.15, 0.2) is 18.2 Å². The molecule has 1 aromatic rings. The molecule has 5 heteroatoms. The number of benzene rings is 1. The first kappa shape index (κ1) is 14.5. The van der Waals surface area contributed by atoms with Gasteiger partial charge >= 0.3 is 5.97 Å². The van der Waals surface area contributed by atoms with E-state index < -0.39 is 5.97 Å². The van der Waals surface area contributed by atoms with Gasteiger partial charge in [-0.05, 0) is 31.4 Å². The Hall–Kier alpha value is -1.55. The number of carbonyl (C=O) groups is 2. The monoisotopic (exact) mass is 269 g/mol. The number of carboxylic acids is 1. The largest absolute Gasteiger partial charge is 0.481 e. The molecular formula is C13H16ClNO3. The van der Waals surface area contributed by atoms with Crippen molar-refractivity contribution in [1.82, 2.24) is 0 Å². The molecule has 0 aliphatic heterocycles. The van der Waals surface area contributed by atoms with E-state index in [0.29, 0.717) is 30.0 Å². The fraction of sp³-hybridized carbons (Fsp3) is 0.385. The van der Waals surface area contributed by atoms with Crippen LogP contribution in [0.5, 0.6) is 0 Å². The average molecular weight is 270 g/mol. The molecule has 0 aromatic heterocycles. The molecule has 4 nitrogen and oxygen atoms in total. The van der Waals surface area contributed by atoms with Crippen molar-refractivity contribution in [2.45, 2.75) is 32.6 Å². The lowest BCUT2D eigenvalue weighted by atomic mass is 10.1. The molecule has 0 spiro atoms. The maximum absolute atomic E-state index is 11.6. The normalized spacial score (nSPS) is 10.1. The van der Waals surface area contributed by atoms with Crippen molar-refractivity contribution >= 4 is 29.2 Å². The van der Waals surface area contributed by atoms with Gasteiger partial charge in [-0.2, -0.15) is 0 Å². The van der Waals surface area contributed by atoms with Crippen LogP contribution >= 0.6 is 11.6 Å². The van der Waals surface area contributed by atoms with Crippen LogP contribution in [-0.4, -0.2) is 17.0 Å². The number of hydrogen-bond donors (Lipinski definition) is 2. The molecule has 0 bridgehead atoms. The Morgan fingerprint density at radius 3 is 2.61 bits per heavy atom. The zero-order chi connectivity index (χ0) is 13.5. The predicted octanol–water partition coefficient (Wildman–Crippen LogP) is 3.23. The zero-order valence-corrected chi connectivity index (χ0v) is 11.0. The molecule has 0 saturated carbocycles. The molecule has 0 saturated heterocycles. The lowest BCUT2D eigenvalue weighted by molar-refractivity contribution is -0.137. The number of hydrogen-bond acceptors (Lipinski definition) is 2. The molecular weight excluding hydrogens is 254 g/mol. The summed E-state index contributed by atoms with van der Waals surface area (Å²) in [5, 5.41) is 11.7. The van der Waals surface area contributed by atoms with Gasteiger partial charge in [0.1, 0.15) is 0 Å². The van der Waals surface area contributed by atoms with E-state index in [-0.39, 0.29) is 12.3 Å². The highest BCUT2D eigenvalue weighted by Gasteiger charge is 2.07. The summed E-state index contributed by atoms with van der Waals surface area (Å²) in [6.45, 7) is 1.87. The van der Waals surface area contributed by atoms with E-state index in [9.17, 15) is 9.59 Å². The first-order valence-corrected chi connectivity index (χ1v) is 6.15. The molecule has 1 aromatic carbocycles. The van der Waals surface area contributed by atoms with Crippen molar-refractivity contribution < 1.29 is 14.7 Å². The summed E-state index contributed by atoms with van der Waals surface area (Å²) in [7, 11) is 0. The van der Waals surface area contributed by atoms with E-state index in [1.165, 1.54) is 0 Å². The summed E-state index contributed by atoms with van der Waals surface area (Å²) in [4.78, 5) is 21.9. The van der Waals surface area contributed by atoms with Gasteiger partial charge in [-0.25, -0.2) is 0 Å². The van der Waals surface area contributed by atoms with Gasteiger partial charge in [0.15, 0.2) is 0 Å². The van der Waals surface area contributed by atoms with Crippen LogP contribution in [0.3, 0.4) is 0 Å². The van der Waals surface area contributed by atoms with Crippen LogP contribution in [-0.2, 0) is 9.59 Å². The number of aliphatic carboxylic acids is 1. The Bertz CT molecular complexity index is 446. The predicted molar refractivity (Wildman–Crippen MR) is 70.9 cm³/mol. The maximum Gasteiger partial charge on any atom is 0.303 e. The number of carbonyl (C=O) groups excluding carboxylic acids is 1. The fourth-order valence-corrected chi connectivity index (χ4v) is 1.69. The topological polar surface area (TPSA) is 66.4 Å². The third-order valence-electron chi connectivity index (χ3n) is 2.51. The van der Waals surface area contributed by atoms with Crippen LogP contribution in [0.25, 0.3) is 0 Å². The van der Waals surface area contributed by atoms with Gasteiger partial charge in [-0.15, -0.1) is 0 Å². The summed E-state index contributed by atoms with van der Waals surface area (Å²) in [5.41, 5.74) is 1.50. The average Bonchev–Trinajstić information content (AvgIpc) is 2.30. The molecule has 0 radical (unpaired) electrons. The van der Waals surface area contributed by atoms with Gasteiger partial charge < -0.3 is 10.4 Å². The summed E-state index contributed by atoms with van der Waals surface area (Å²) < 4.78 is 0. The summed E-state index contributed by atoms with van der Waals surface area (Å²) in [5.74, 6) is -0.981. The third kappa shape index (κ3) is 4.75. The van der Waals surface area contributed by atoms with Crippen molar-refractivity contribution in [3.63, 3.8) is 0 Å². The third-order valence-corrected chi connectivity index (χ3v) is 3.01. The van der Waals surface area contributed by atoms with E-state index >= 15 is 0 Å². The summed E-state index contributed by atoms with van der Waals surface area (Å²) in [6, 6.07) is 5.43. The van der Waals surface area contributed by atoms with Gasteiger partial charge in [0, 0.05) is 12.8 Å². The molecule has 0 fully saturated rings. The van der Waals surface area contributed by atoms with Crippen LogP contribution in [0, 0.1) is 6.92 Å². The Morgan fingerprint density at radius 2 is 1.94 bits per heavy atom. The smallest absolute Gasteiger partial charge is 0.303 e. The highest BCUT2D eigenvalue weighted by Crippen LogP contribution is 2.25. The van der Waals surface area contributed by atoms with Gasteiger partial charge in [-0.3, -0.25) is 9.59 Å². The number of halogens is 1. The molecule has 18 heavy (non-hydrogen) atoms. The van der Waals surface area contributed by atoms with E-state index in [2.05, 4.69) is 5.32 Å². The molecule has 0 atom stereocenters. The maximum atomic E-state index is 11.6. The van der Waals surface area contributed by atoms with Gasteiger partial charge in [0.25, 0.3) is 0 Å². The van der Waals surface area contributed by atoms with Crippen LogP contribution in [0.1, 0.15) is 31.2 Å². The zero-order valence-electron chi connectivity index (χ0n) is 10.2. The lowest BCUT2D eigenvalue weighted by Crippen LogP contribution is -2.11.